The SMILES string of the molecule is CCn1c(-c2nc(C(=O)NCC(N)=O)cs2)cc2ccccc21. The van der Waals surface area contributed by atoms with Crippen LogP contribution in [0.1, 0.15) is 17.4 Å². The van der Waals surface area contributed by atoms with Crippen LogP contribution in [0, 0.1) is 0 Å². The van der Waals surface area contributed by atoms with Gasteiger partial charge in [-0.1, -0.05) is 18.2 Å². The molecule has 0 atom stereocenters. The molecule has 1 aromatic carbocycles. The van der Waals surface area contributed by atoms with Crippen LogP contribution < -0.4 is 11.1 Å². The number of fused-ring (bicyclic) bond motifs is 1. The Labute approximate surface area is 136 Å². The molecule has 0 radical (unpaired) electrons. The predicted molar refractivity (Wildman–Crippen MR) is 90.2 cm³/mol. The number of benzene rings is 1. The van der Waals surface area contributed by atoms with Gasteiger partial charge in [-0.15, -0.1) is 11.3 Å². The molecule has 6 nitrogen and oxygen atoms in total. The van der Waals surface area contributed by atoms with Crippen LogP contribution in [0.15, 0.2) is 35.7 Å². The fraction of sp³-hybridized carbons (Fsp3) is 0.188. The van der Waals surface area contributed by atoms with Crippen LogP contribution in [0.2, 0.25) is 0 Å². The van der Waals surface area contributed by atoms with Crippen molar-refractivity contribution in [1.29, 1.82) is 0 Å². The third-order valence-corrected chi connectivity index (χ3v) is 4.37. The molecule has 3 aromatic rings. The average Bonchev–Trinajstić information content (AvgIpc) is 3.16. The van der Waals surface area contributed by atoms with Gasteiger partial charge in [-0.3, -0.25) is 9.59 Å². The number of carbonyl (C=O) groups excluding carboxylic acids is 2. The van der Waals surface area contributed by atoms with Gasteiger partial charge in [-0.2, -0.15) is 0 Å². The predicted octanol–water partition coefficient (Wildman–Crippen LogP) is 2.00. The minimum absolute atomic E-state index is 0.194. The minimum Gasteiger partial charge on any atom is -0.368 e. The van der Waals surface area contributed by atoms with Gasteiger partial charge in [-0.05, 0) is 19.1 Å². The molecule has 0 saturated heterocycles. The lowest BCUT2D eigenvalue weighted by Crippen LogP contribution is -2.33. The van der Waals surface area contributed by atoms with Crippen LogP contribution >= 0.6 is 11.3 Å². The number of aryl methyl sites for hydroxylation is 1. The van der Waals surface area contributed by atoms with Gasteiger partial charge in [0.05, 0.1) is 12.2 Å². The molecule has 2 heterocycles. The second kappa shape index (κ2) is 6.21. The van der Waals surface area contributed by atoms with Gasteiger partial charge in [0.25, 0.3) is 5.91 Å². The monoisotopic (exact) mass is 328 g/mol. The first kappa shape index (κ1) is 15.2. The van der Waals surface area contributed by atoms with E-state index in [-0.39, 0.29) is 6.54 Å². The molecule has 2 aromatic heterocycles. The molecule has 118 valence electrons. The van der Waals surface area contributed by atoms with Crippen LogP contribution in [-0.2, 0) is 11.3 Å². The van der Waals surface area contributed by atoms with Crippen molar-refractivity contribution in [3.05, 3.63) is 41.4 Å². The first-order valence-electron chi connectivity index (χ1n) is 7.20. The van der Waals surface area contributed by atoms with E-state index in [1.165, 1.54) is 11.3 Å². The standard InChI is InChI=1S/C16H16N4O2S/c1-2-20-12-6-4-3-5-10(12)7-13(20)16-19-11(9-23-16)15(22)18-8-14(17)21/h3-7,9H,2,8H2,1H3,(H2,17,21)(H,18,22). The summed E-state index contributed by atoms with van der Waals surface area (Å²) < 4.78 is 2.17. The van der Waals surface area contributed by atoms with Crippen LogP contribution in [0.3, 0.4) is 0 Å². The highest BCUT2D eigenvalue weighted by Crippen LogP contribution is 2.30. The van der Waals surface area contributed by atoms with Crippen molar-refractivity contribution in [3.8, 4) is 10.7 Å². The van der Waals surface area contributed by atoms with E-state index in [0.29, 0.717) is 5.69 Å². The quantitative estimate of drug-likeness (QED) is 0.750. The number of rotatable bonds is 5. The smallest absolute Gasteiger partial charge is 0.271 e. The van der Waals surface area contributed by atoms with E-state index in [1.807, 2.05) is 12.1 Å². The Balaban J connectivity index is 1.94. The molecule has 0 aliphatic heterocycles. The normalized spacial score (nSPS) is 10.8. The summed E-state index contributed by atoms with van der Waals surface area (Å²) in [5.41, 5.74) is 7.43. The summed E-state index contributed by atoms with van der Waals surface area (Å²) in [6.07, 6.45) is 0. The van der Waals surface area contributed by atoms with E-state index < -0.39 is 11.8 Å². The summed E-state index contributed by atoms with van der Waals surface area (Å²) in [6, 6.07) is 10.2. The maximum atomic E-state index is 11.9. The molecule has 2 amide bonds. The Kier molecular flexibility index (Phi) is 4.12. The van der Waals surface area contributed by atoms with Gasteiger partial charge >= 0.3 is 0 Å². The first-order valence-corrected chi connectivity index (χ1v) is 8.08. The first-order chi connectivity index (χ1) is 11.1. The molecule has 3 N–H and O–H groups in total. The van der Waals surface area contributed by atoms with Crippen LogP contribution in [0.25, 0.3) is 21.6 Å². The van der Waals surface area contributed by atoms with E-state index in [4.69, 9.17) is 5.73 Å². The third kappa shape index (κ3) is 2.95. The van der Waals surface area contributed by atoms with E-state index in [0.717, 1.165) is 28.1 Å². The number of amides is 2. The number of nitrogens with one attached hydrogen (secondary N) is 1. The zero-order valence-corrected chi connectivity index (χ0v) is 13.4. The molecular formula is C16H16N4O2S. The minimum atomic E-state index is -0.583. The molecule has 3 rings (SSSR count). The zero-order chi connectivity index (χ0) is 16.4. The summed E-state index contributed by atoms with van der Waals surface area (Å²) in [5, 5.41) is 6.03. The Morgan fingerprint density at radius 3 is 2.87 bits per heavy atom. The Bertz CT molecular complexity index is 881. The van der Waals surface area contributed by atoms with Crippen molar-refractivity contribution in [2.45, 2.75) is 13.5 Å². The average molecular weight is 328 g/mol. The summed E-state index contributed by atoms with van der Waals surface area (Å²) in [5.74, 6) is -0.981. The summed E-state index contributed by atoms with van der Waals surface area (Å²) in [6.45, 7) is 2.69. The number of thiazole rings is 1. The van der Waals surface area contributed by atoms with Crippen molar-refractivity contribution < 1.29 is 9.59 Å². The maximum Gasteiger partial charge on any atom is 0.271 e. The highest BCUT2D eigenvalue weighted by Gasteiger charge is 2.16. The number of para-hydroxylation sites is 1. The number of hydrogen-bond donors (Lipinski definition) is 2. The lowest BCUT2D eigenvalue weighted by atomic mass is 10.2. The van der Waals surface area contributed by atoms with E-state index in [1.54, 1.807) is 5.38 Å². The Morgan fingerprint density at radius 2 is 2.13 bits per heavy atom. The second-order valence-electron chi connectivity index (χ2n) is 5.02. The lowest BCUT2D eigenvalue weighted by Gasteiger charge is -2.05. The third-order valence-electron chi connectivity index (χ3n) is 3.51. The molecule has 0 unspecified atom stereocenters. The molecular weight excluding hydrogens is 312 g/mol. The summed E-state index contributed by atoms with van der Waals surface area (Å²) in [4.78, 5) is 27.1. The molecule has 7 heteroatoms. The fourth-order valence-electron chi connectivity index (χ4n) is 2.48. The van der Waals surface area contributed by atoms with Crippen molar-refractivity contribution in [2.75, 3.05) is 6.54 Å². The van der Waals surface area contributed by atoms with E-state index in [2.05, 4.69) is 40.0 Å². The van der Waals surface area contributed by atoms with Gasteiger partial charge in [-0.25, -0.2) is 4.98 Å². The summed E-state index contributed by atoms with van der Waals surface area (Å²) in [7, 11) is 0. The van der Waals surface area contributed by atoms with E-state index >= 15 is 0 Å². The zero-order valence-electron chi connectivity index (χ0n) is 12.6. The highest BCUT2D eigenvalue weighted by molar-refractivity contribution is 7.13. The molecule has 0 fully saturated rings. The number of nitrogens with two attached hydrogens (primary N) is 1. The van der Waals surface area contributed by atoms with Gasteiger partial charge in [0.1, 0.15) is 10.7 Å². The fourth-order valence-corrected chi connectivity index (χ4v) is 3.31. The number of primary amides is 1. The van der Waals surface area contributed by atoms with Crippen LogP contribution in [-0.4, -0.2) is 27.9 Å². The largest absolute Gasteiger partial charge is 0.368 e. The highest BCUT2D eigenvalue weighted by atomic mass is 32.1. The van der Waals surface area contributed by atoms with Crippen molar-refractivity contribution in [2.24, 2.45) is 5.73 Å². The summed E-state index contributed by atoms with van der Waals surface area (Å²) >= 11 is 1.40. The number of aromatic nitrogens is 2. The number of hydrogen-bond acceptors (Lipinski definition) is 4. The molecule has 0 spiro atoms. The van der Waals surface area contributed by atoms with Crippen LogP contribution in [0.4, 0.5) is 0 Å². The van der Waals surface area contributed by atoms with Gasteiger partial charge in [0.15, 0.2) is 0 Å². The molecule has 23 heavy (non-hydrogen) atoms. The topological polar surface area (TPSA) is 90.0 Å². The maximum absolute atomic E-state index is 11.9. The Morgan fingerprint density at radius 1 is 1.35 bits per heavy atom. The van der Waals surface area contributed by atoms with Crippen molar-refractivity contribution in [1.82, 2.24) is 14.9 Å². The number of nitrogens with zero attached hydrogens (tertiary/aromatic N) is 2. The van der Waals surface area contributed by atoms with Crippen molar-refractivity contribution >= 4 is 34.1 Å². The Hall–Kier alpha value is -2.67. The molecule has 0 saturated carbocycles. The van der Waals surface area contributed by atoms with E-state index in [9.17, 15) is 9.59 Å². The molecule has 0 bridgehead atoms. The van der Waals surface area contributed by atoms with Gasteiger partial charge < -0.3 is 15.6 Å². The van der Waals surface area contributed by atoms with Crippen molar-refractivity contribution in [3.63, 3.8) is 0 Å². The molecule has 0 aliphatic carbocycles. The van der Waals surface area contributed by atoms with Crippen LogP contribution in [0.5, 0.6) is 0 Å². The molecule has 0 aliphatic rings. The number of carbonyl (C=O) groups is 2. The van der Waals surface area contributed by atoms with Gasteiger partial charge in [0.2, 0.25) is 5.91 Å². The van der Waals surface area contributed by atoms with Gasteiger partial charge in [0, 0.05) is 22.8 Å². The lowest BCUT2D eigenvalue weighted by molar-refractivity contribution is -0.117. The second-order valence-corrected chi connectivity index (χ2v) is 5.88.